The van der Waals surface area contributed by atoms with Crippen molar-refractivity contribution in [2.24, 2.45) is 5.92 Å². The summed E-state index contributed by atoms with van der Waals surface area (Å²) in [5, 5.41) is 0. The van der Waals surface area contributed by atoms with Crippen molar-refractivity contribution in [2.45, 2.75) is 38.5 Å². The van der Waals surface area contributed by atoms with Crippen molar-refractivity contribution < 1.29 is 9.59 Å². The number of hydrogen-bond acceptors (Lipinski definition) is 4. The minimum Gasteiger partial charge on any atom is -0.353 e. The zero-order valence-corrected chi connectivity index (χ0v) is 16.6. The van der Waals surface area contributed by atoms with Crippen molar-refractivity contribution in [1.82, 2.24) is 14.8 Å². The second-order valence-corrected chi connectivity index (χ2v) is 8.10. The van der Waals surface area contributed by atoms with E-state index in [0.29, 0.717) is 26.1 Å². The highest BCUT2D eigenvalue weighted by atomic mass is 16.2. The van der Waals surface area contributed by atoms with Crippen LogP contribution in [0.5, 0.6) is 0 Å². The quantitative estimate of drug-likeness (QED) is 0.734. The molecule has 0 aromatic carbocycles. The van der Waals surface area contributed by atoms with Gasteiger partial charge in [-0.2, -0.15) is 0 Å². The number of rotatable bonds is 5. The normalized spacial score (nSPS) is 23.1. The first-order valence-electron chi connectivity index (χ1n) is 10.6. The third-order valence-electron chi connectivity index (χ3n) is 6.22. The fraction of sp³-hybridized carbons (Fsp3) is 0.591. The predicted octanol–water partition coefficient (Wildman–Crippen LogP) is 2.47. The second-order valence-electron chi connectivity index (χ2n) is 8.10. The Bertz CT molecular complexity index is 725. The molecule has 1 unspecified atom stereocenters. The Morgan fingerprint density at radius 1 is 1.14 bits per heavy atom. The summed E-state index contributed by atoms with van der Waals surface area (Å²) in [5.41, 5.74) is 1.49. The molecular weight excluding hydrogens is 352 g/mol. The summed E-state index contributed by atoms with van der Waals surface area (Å²) in [6.45, 7) is 4.34. The monoisotopic (exact) mass is 382 g/mol. The highest BCUT2D eigenvalue weighted by Gasteiger charge is 2.37. The van der Waals surface area contributed by atoms with E-state index in [0.717, 1.165) is 31.9 Å². The van der Waals surface area contributed by atoms with E-state index >= 15 is 0 Å². The van der Waals surface area contributed by atoms with Gasteiger partial charge in [0.05, 0.1) is 5.92 Å². The van der Waals surface area contributed by atoms with Crippen molar-refractivity contribution in [3.63, 3.8) is 0 Å². The number of aromatic nitrogens is 1. The summed E-state index contributed by atoms with van der Waals surface area (Å²) in [6, 6.07) is 5.91. The fourth-order valence-corrected chi connectivity index (χ4v) is 4.52. The lowest BCUT2D eigenvalue weighted by molar-refractivity contribution is -0.136. The molecule has 6 heteroatoms. The van der Waals surface area contributed by atoms with E-state index in [1.807, 2.05) is 28.0 Å². The molecule has 0 spiro atoms. The van der Waals surface area contributed by atoms with Crippen LogP contribution in [0.15, 0.2) is 36.0 Å². The molecule has 1 atom stereocenters. The number of hydrogen-bond donors (Lipinski definition) is 0. The molecule has 0 saturated carbocycles. The topological polar surface area (TPSA) is 56.8 Å². The molecule has 2 saturated heterocycles. The smallest absolute Gasteiger partial charge is 0.228 e. The number of amides is 2. The molecule has 1 aromatic rings. The molecule has 0 N–H and O–H groups in total. The summed E-state index contributed by atoms with van der Waals surface area (Å²) < 4.78 is 0. The van der Waals surface area contributed by atoms with E-state index in [2.05, 4.69) is 16.0 Å². The van der Waals surface area contributed by atoms with Gasteiger partial charge in [0.2, 0.25) is 11.8 Å². The molecule has 3 heterocycles. The van der Waals surface area contributed by atoms with Gasteiger partial charge < -0.3 is 14.7 Å². The average molecular weight is 383 g/mol. The van der Waals surface area contributed by atoms with Gasteiger partial charge in [0.25, 0.3) is 0 Å². The Kier molecular flexibility index (Phi) is 5.93. The molecule has 6 nitrogen and oxygen atoms in total. The van der Waals surface area contributed by atoms with E-state index in [4.69, 9.17) is 0 Å². The number of piperazine rings is 1. The predicted molar refractivity (Wildman–Crippen MR) is 109 cm³/mol. The lowest BCUT2D eigenvalue weighted by atomic mass is 9.97. The average Bonchev–Trinajstić information content (AvgIpc) is 3.14. The van der Waals surface area contributed by atoms with Crippen molar-refractivity contribution in [2.75, 3.05) is 44.2 Å². The van der Waals surface area contributed by atoms with Crippen LogP contribution in [0.25, 0.3) is 0 Å². The molecule has 28 heavy (non-hydrogen) atoms. The van der Waals surface area contributed by atoms with Crippen LogP contribution in [0.2, 0.25) is 0 Å². The lowest BCUT2D eigenvalue weighted by Gasteiger charge is -2.36. The maximum Gasteiger partial charge on any atom is 0.228 e. The molecule has 4 rings (SSSR count). The molecule has 1 aromatic heterocycles. The zero-order valence-electron chi connectivity index (χ0n) is 16.6. The molecular formula is C22H30N4O2. The van der Waals surface area contributed by atoms with Crippen LogP contribution in [0.3, 0.4) is 0 Å². The summed E-state index contributed by atoms with van der Waals surface area (Å²) >= 11 is 0. The van der Waals surface area contributed by atoms with Crippen LogP contribution in [0.1, 0.15) is 38.5 Å². The summed E-state index contributed by atoms with van der Waals surface area (Å²) in [5.74, 6) is 1.08. The molecule has 0 radical (unpaired) electrons. The summed E-state index contributed by atoms with van der Waals surface area (Å²) in [6.07, 6.45) is 10.4. The molecule has 1 aliphatic carbocycles. The van der Waals surface area contributed by atoms with Gasteiger partial charge in [0, 0.05) is 51.9 Å². The number of carbonyl (C=O) groups is 2. The fourth-order valence-electron chi connectivity index (χ4n) is 4.52. The number of likely N-dealkylation sites (tertiary alicyclic amines) is 1. The zero-order chi connectivity index (χ0) is 19.3. The number of allylic oxidation sites excluding steroid dienone is 1. The Morgan fingerprint density at radius 2 is 2.00 bits per heavy atom. The van der Waals surface area contributed by atoms with Crippen LogP contribution < -0.4 is 4.90 Å². The first-order chi connectivity index (χ1) is 13.7. The Hall–Kier alpha value is -2.37. The molecule has 3 aliphatic rings. The van der Waals surface area contributed by atoms with Gasteiger partial charge in [0.1, 0.15) is 5.82 Å². The first kappa shape index (κ1) is 19.0. The maximum atomic E-state index is 12.9. The highest BCUT2D eigenvalue weighted by molar-refractivity contribution is 5.89. The van der Waals surface area contributed by atoms with Crippen LogP contribution in [0, 0.1) is 5.92 Å². The minimum absolute atomic E-state index is 0.141. The van der Waals surface area contributed by atoms with Gasteiger partial charge in [-0.05, 0) is 44.2 Å². The van der Waals surface area contributed by atoms with Gasteiger partial charge in [-0.15, -0.1) is 0 Å². The van der Waals surface area contributed by atoms with Crippen molar-refractivity contribution >= 4 is 17.6 Å². The van der Waals surface area contributed by atoms with Gasteiger partial charge in [-0.3, -0.25) is 9.59 Å². The highest BCUT2D eigenvalue weighted by Crippen LogP contribution is 2.25. The van der Waals surface area contributed by atoms with Crippen LogP contribution in [-0.2, 0) is 9.59 Å². The Labute approximate surface area is 167 Å². The maximum absolute atomic E-state index is 12.9. The molecule has 2 aliphatic heterocycles. The summed E-state index contributed by atoms with van der Waals surface area (Å²) in [4.78, 5) is 35.8. The second kappa shape index (κ2) is 8.76. The van der Waals surface area contributed by atoms with Crippen molar-refractivity contribution in [3.8, 4) is 0 Å². The van der Waals surface area contributed by atoms with Gasteiger partial charge in [0.15, 0.2) is 0 Å². The summed E-state index contributed by atoms with van der Waals surface area (Å²) in [7, 11) is 0. The Balaban J connectivity index is 1.26. The van der Waals surface area contributed by atoms with Crippen molar-refractivity contribution in [1.29, 1.82) is 0 Å². The number of carbonyl (C=O) groups excluding carboxylic acids is 2. The Morgan fingerprint density at radius 3 is 2.71 bits per heavy atom. The largest absolute Gasteiger partial charge is 0.353 e. The van der Waals surface area contributed by atoms with Crippen LogP contribution in [-0.4, -0.2) is 65.9 Å². The van der Waals surface area contributed by atoms with Crippen molar-refractivity contribution in [3.05, 3.63) is 36.0 Å². The first-order valence-corrected chi connectivity index (χ1v) is 10.6. The van der Waals surface area contributed by atoms with E-state index in [-0.39, 0.29) is 17.7 Å². The van der Waals surface area contributed by atoms with E-state index in [1.165, 1.54) is 31.3 Å². The number of pyridine rings is 1. The van der Waals surface area contributed by atoms with E-state index in [9.17, 15) is 9.59 Å². The van der Waals surface area contributed by atoms with Gasteiger partial charge >= 0.3 is 0 Å². The van der Waals surface area contributed by atoms with Crippen LogP contribution in [0.4, 0.5) is 5.82 Å². The van der Waals surface area contributed by atoms with Crippen LogP contribution >= 0.6 is 0 Å². The van der Waals surface area contributed by atoms with Gasteiger partial charge in [-0.25, -0.2) is 4.98 Å². The SMILES string of the molecule is O=C1CC(C(=O)N2CCN(c3ccccn3)CC2)CN1CCC1=CCCCC1. The molecule has 0 bridgehead atoms. The molecule has 2 amide bonds. The standard InChI is InChI=1S/C22H30N4O2/c27-21-16-19(17-26(21)11-9-18-6-2-1-3-7-18)22(28)25-14-12-24(13-15-25)20-8-4-5-10-23-20/h4-6,8,10,19H,1-3,7,9,11-17H2. The van der Waals surface area contributed by atoms with E-state index in [1.54, 1.807) is 6.20 Å². The number of anilines is 1. The third kappa shape index (κ3) is 4.37. The van der Waals surface area contributed by atoms with Gasteiger partial charge in [-0.1, -0.05) is 17.7 Å². The molecule has 2 fully saturated rings. The lowest BCUT2D eigenvalue weighted by Crippen LogP contribution is -2.51. The van der Waals surface area contributed by atoms with E-state index < -0.39 is 0 Å². The number of nitrogens with zero attached hydrogens (tertiary/aromatic N) is 4. The third-order valence-corrected chi connectivity index (χ3v) is 6.22. The minimum atomic E-state index is -0.172. The molecule has 150 valence electrons.